The third kappa shape index (κ3) is 5.09. The molecule has 17 heteroatoms. The van der Waals surface area contributed by atoms with Gasteiger partial charge in [0.25, 0.3) is 0 Å². The van der Waals surface area contributed by atoms with Gasteiger partial charge in [-0.3, -0.25) is 0 Å². The Hall–Kier alpha value is -4.77. The largest absolute Gasteiger partial charge is 2.00 e. The van der Waals surface area contributed by atoms with Crippen molar-refractivity contribution in [1.82, 2.24) is 61.1 Å². The molecule has 11 radical (unpaired) electrons. The summed E-state index contributed by atoms with van der Waals surface area (Å²) in [5.41, 5.74) is 3.51. The van der Waals surface area contributed by atoms with E-state index in [2.05, 4.69) is 61.1 Å². The predicted octanol–water partition coefficient (Wildman–Crippen LogP) is 1.04. The molecule has 0 N–H and O–H groups in total. The summed E-state index contributed by atoms with van der Waals surface area (Å²) in [6.45, 7) is 0. The summed E-state index contributed by atoms with van der Waals surface area (Å²) in [5, 5.41) is 17.9. The van der Waals surface area contributed by atoms with E-state index in [4.69, 9.17) is 0 Å². The van der Waals surface area contributed by atoms with Crippen LogP contribution in [0.2, 0.25) is 0 Å². The number of anilines is 4. The van der Waals surface area contributed by atoms with Gasteiger partial charge in [-0.2, -0.15) is 0 Å². The van der Waals surface area contributed by atoms with Gasteiger partial charge in [0, 0.05) is 28.2 Å². The van der Waals surface area contributed by atoms with E-state index in [1.54, 1.807) is 24.8 Å². The third-order valence-electron chi connectivity index (χ3n) is 6.91. The molecule has 0 saturated heterocycles. The normalized spacial score (nSPS) is 17.0. The minimum absolute atomic E-state index is 0. The Kier molecular flexibility index (Phi) is 7.57. The second-order valence-corrected chi connectivity index (χ2v) is 9.33. The van der Waals surface area contributed by atoms with Crippen molar-refractivity contribution >= 4 is 46.0 Å². The second-order valence-electron chi connectivity index (χ2n) is 9.33. The molecule has 16 nitrogen and oxygen atoms in total. The Balaban J connectivity index is 0.000000150. The van der Waals surface area contributed by atoms with Crippen LogP contribution in [0.1, 0.15) is 0 Å². The fourth-order valence-corrected chi connectivity index (χ4v) is 4.53. The Labute approximate surface area is 259 Å². The van der Waals surface area contributed by atoms with Gasteiger partial charge >= 0.3 is 16.8 Å². The van der Waals surface area contributed by atoms with Crippen molar-refractivity contribution < 1.29 is 16.8 Å². The quantitative estimate of drug-likeness (QED) is 0.319. The SMILES string of the molecule is CN1[C]([CH][C]2[N]c3ncncc3N2C)[N]c2ncncc21.CN1[C]([CH][C]2[N]c3ncncc3N2C)[N]c2ncncc21.[Co+2]. The summed E-state index contributed by atoms with van der Waals surface area (Å²) in [4.78, 5) is 40.4. The van der Waals surface area contributed by atoms with E-state index in [0.29, 0.717) is 23.3 Å². The number of aromatic nitrogens is 8. The second kappa shape index (κ2) is 11.5. The minimum Gasteiger partial charge on any atom is -0.342 e. The van der Waals surface area contributed by atoms with E-state index in [1.165, 1.54) is 25.3 Å². The van der Waals surface area contributed by atoms with Crippen LogP contribution < -0.4 is 40.9 Å². The van der Waals surface area contributed by atoms with E-state index in [-0.39, 0.29) is 16.8 Å². The van der Waals surface area contributed by atoms with Crippen molar-refractivity contribution in [2.24, 2.45) is 0 Å². The van der Waals surface area contributed by atoms with E-state index in [0.717, 1.165) is 47.4 Å². The molecule has 0 aliphatic carbocycles. The molecular weight excluding hydrogens is 595 g/mol. The van der Waals surface area contributed by atoms with Gasteiger partial charge in [0.1, 0.15) is 48.1 Å². The summed E-state index contributed by atoms with van der Waals surface area (Å²) in [6.07, 6.45) is 19.8. The van der Waals surface area contributed by atoms with Crippen molar-refractivity contribution in [3.63, 3.8) is 0 Å². The summed E-state index contributed by atoms with van der Waals surface area (Å²) in [6, 6.07) is 0. The smallest absolute Gasteiger partial charge is 0.342 e. The van der Waals surface area contributed by atoms with Gasteiger partial charge < -0.3 is 19.6 Å². The Morgan fingerprint density at radius 1 is 0.419 bits per heavy atom. The van der Waals surface area contributed by atoms with Gasteiger partial charge in [0.05, 0.1) is 37.6 Å². The van der Waals surface area contributed by atoms with Crippen LogP contribution in [-0.4, -0.2) is 68.1 Å². The molecule has 4 aromatic rings. The topological polar surface area (TPSA) is 172 Å². The Morgan fingerprint density at radius 2 is 0.651 bits per heavy atom. The number of nitrogens with zero attached hydrogens (tertiary/aromatic N) is 16. The fraction of sp³-hybridized carbons (Fsp3) is 0.154. The van der Waals surface area contributed by atoms with Gasteiger partial charge in [-0.25, -0.2) is 61.1 Å². The zero-order valence-electron chi connectivity index (χ0n) is 23.3. The van der Waals surface area contributed by atoms with Crippen molar-refractivity contribution in [2.45, 2.75) is 0 Å². The number of hydrogen-bond donors (Lipinski definition) is 0. The molecule has 4 aliphatic heterocycles. The van der Waals surface area contributed by atoms with Crippen molar-refractivity contribution in [3.8, 4) is 0 Å². The zero-order chi connectivity index (χ0) is 28.8. The van der Waals surface area contributed by atoms with Gasteiger partial charge in [-0.15, -0.1) is 0 Å². The summed E-state index contributed by atoms with van der Waals surface area (Å²) < 4.78 is 0. The predicted molar refractivity (Wildman–Crippen MR) is 150 cm³/mol. The molecule has 43 heavy (non-hydrogen) atoms. The number of fused-ring (bicyclic) bond motifs is 4. The van der Waals surface area contributed by atoms with Crippen LogP contribution in [0.3, 0.4) is 0 Å². The number of hydrogen-bond acceptors (Lipinski definition) is 12. The average molecular weight is 618 g/mol. The molecule has 0 bridgehead atoms. The van der Waals surface area contributed by atoms with Crippen LogP contribution >= 0.6 is 0 Å². The van der Waals surface area contributed by atoms with Crippen molar-refractivity contribution in [2.75, 3.05) is 47.8 Å². The van der Waals surface area contributed by atoms with Gasteiger partial charge in [0.2, 0.25) is 0 Å². The summed E-state index contributed by atoms with van der Waals surface area (Å²) >= 11 is 0. The molecule has 0 fully saturated rings. The standard InChI is InChI=1S/2C13H11N8.Co/c2*1-20-8-4-14-6-16-12(8)18-10(20)3-11-19-13-9(21(11)2)5-15-7-17-13;/h2*3-7H,1-2H3;/q;;+2. The van der Waals surface area contributed by atoms with Crippen LogP contribution in [-0.2, 0) is 16.8 Å². The monoisotopic (exact) mass is 617 g/mol. The average Bonchev–Trinajstić information content (AvgIpc) is 3.72. The van der Waals surface area contributed by atoms with Gasteiger partial charge in [0.15, 0.2) is 47.9 Å². The van der Waals surface area contributed by atoms with Gasteiger partial charge in [-0.1, -0.05) is 0 Å². The first-order chi connectivity index (χ1) is 20.5. The molecule has 0 atom stereocenters. The first-order valence-corrected chi connectivity index (χ1v) is 12.7. The summed E-state index contributed by atoms with van der Waals surface area (Å²) in [7, 11) is 7.69. The van der Waals surface area contributed by atoms with Crippen LogP contribution in [0.25, 0.3) is 0 Å². The van der Waals surface area contributed by atoms with Crippen LogP contribution in [0.4, 0.5) is 46.0 Å². The molecule has 0 saturated carbocycles. The third-order valence-corrected chi connectivity index (χ3v) is 6.91. The maximum Gasteiger partial charge on any atom is 2.00 e. The van der Waals surface area contributed by atoms with E-state index in [9.17, 15) is 0 Å². The molecule has 4 aromatic heterocycles. The Morgan fingerprint density at radius 3 is 0.860 bits per heavy atom. The zero-order valence-corrected chi connectivity index (χ0v) is 24.3. The van der Waals surface area contributed by atoms with Crippen LogP contribution in [0.15, 0.2) is 50.1 Å². The minimum atomic E-state index is 0. The first-order valence-electron chi connectivity index (χ1n) is 12.7. The molecule has 8 rings (SSSR count). The van der Waals surface area contributed by atoms with Crippen molar-refractivity contribution in [1.29, 1.82) is 0 Å². The maximum absolute atomic E-state index is 4.49. The fourth-order valence-electron chi connectivity index (χ4n) is 4.53. The molecule has 0 unspecified atom stereocenters. The van der Waals surface area contributed by atoms with Crippen LogP contribution in [0.5, 0.6) is 0 Å². The number of rotatable bonds is 4. The Bertz CT molecular complexity index is 1360. The molecule has 0 amide bonds. The molecule has 0 aromatic carbocycles. The maximum atomic E-state index is 4.49. The molecule has 213 valence electrons. The van der Waals surface area contributed by atoms with E-state index < -0.39 is 0 Å². The van der Waals surface area contributed by atoms with E-state index >= 15 is 0 Å². The van der Waals surface area contributed by atoms with Gasteiger partial charge in [-0.05, 0) is 0 Å². The molecule has 8 heterocycles. The molecule has 0 spiro atoms. The first kappa shape index (κ1) is 28.4. The summed E-state index contributed by atoms with van der Waals surface area (Å²) in [5.74, 6) is 2.66. The van der Waals surface area contributed by atoms with Crippen molar-refractivity contribution in [3.05, 3.63) is 87.6 Å². The molecule has 4 aliphatic rings. The van der Waals surface area contributed by atoms with Crippen LogP contribution in [0, 0.1) is 37.5 Å². The van der Waals surface area contributed by atoms with E-state index in [1.807, 2.05) is 60.6 Å². The molecular formula is C26H22CoN16+2.